The van der Waals surface area contributed by atoms with Crippen molar-refractivity contribution >= 4 is 0 Å². The second-order valence-electron chi connectivity index (χ2n) is 4.89. The van der Waals surface area contributed by atoms with Crippen LogP contribution >= 0.6 is 0 Å². The van der Waals surface area contributed by atoms with E-state index in [0.717, 1.165) is 6.54 Å². The highest BCUT2D eigenvalue weighted by Crippen LogP contribution is 2.12. The summed E-state index contributed by atoms with van der Waals surface area (Å²) in [6.07, 6.45) is 0.679. The molecule has 0 spiro atoms. The van der Waals surface area contributed by atoms with Gasteiger partial charge in [0.2, 0.25) is 0 Å². The summed E-state index contributed by atoms with van der Waals surface area (Å²) in [5, 5.41) is 9.59. The van der Waals surface area contributed by atoms with Crippen molar-refractivity contribution in [3.8, 4) is 0 Å². The SMILES string of the molecule is CN(CCC(C)(C)O)Cc1ccccc1F. The molecular formula is C13H20FNO. The molecule has 0 bridgehead atoms. The van der Waals surface area contributed by atoms with Crippen molar-refractivity contribution in [2.24, 2.45) is 0 Å². The van der Waals surface area contributed by atoms with Gasteiger partial charge in [0.25, 0.3) is 0 Å². The monoisotopic (exact) mass is 225 g/mol. The Morgan fingerprint density at radius 2 is 1.94 bits per heavy atom. The molecule has 3 heteroatoms. The van der Waals surface area contributed by atoms with Gasteiger partial charge in [-0.15, -0.1) is 0 Å². The van der Waals surface area contributed by atoms with Crippen LogP contribution in [0.25, 0.3) is 0 Å². The van der Waals surface area contributed by atoms with Gasteiger partial charge in [-0.2, -0.15) is 0 Å². The Bertz CT molecular complexity index is 333. The van der Waals surface area contributed by atoms with Gasteiger partial charge in [-0.1, -0.05) is 18.2 Å². The van der Waals surface area contributed by atoms with Crippen molar-refractivity contribution in [3.05, 3.63) is 35.6 Å². The maximum atomic E-state index is 13.3. The maximum absolute atomic E-state index is 13.3. The normalized spacial score (nSPS) is 12.1. The Morgan fingerprint density at radius 3 is 2.50 bits per heavy atom. The van der Waals surface area contributed by atoms with Gasteiger partial charge >= 0.3 is 0 Å². The van der Waals surface area contributed by atoms with Crippen LogP contribution in [0.3, 0.4) is 0 Å². The number of hydrogen-bond acceptors (Lipinski definition) is 2. The molecule has 0 aliphatic heterocycles. The van der Waals surface area contributed by atoms with Crippen LogP contribution in [0.2, 0.25) is 0 Å². The lowest BCUT2D eigenvalue weighted by Crippen LogP contribution is -2.28. The minimum atomic E-state index is -0.663. The zero-order valence-corrected chi connectivity index (χ0v) is 10.2. The molecule has 1 aromatic carbocycles. The van der Waals surface area contributed by atoms with Gasteiger partial charge in [0.05, 0.1) is 5.60 Å². The third-order valence-corrected chi connectivity index (χ3v) is 2.50. The fraction of sp³-hybridized carbons (Fsp3) is 0.538. The van der Waals surface area contributed by atoms with Crippen LogP contribution in [0.5, 0.6) is 0 Å². The van der Waals surface area contributed by atoms with E-state index in [9.17, 15) is 9.50 Å². The lowest BCUT2D eigenvalue weighted by molar-refractivity contribution is 0.0598. The molecular weight excluding hydrogens is 205 g/mol. The van der Waals surface area contributed by atoms with Gasteiger partial charge in [0, 0.05) is 18.7 Å². The van der Waals surface area contributed by atoms with Crippen LogP contribution in [0.1, 0.15) is 25.8 Å². The molecule has 0 unspecified atom stereocenters. The van der Waals surface area contributed by atoms with Crippen molar-refractivity contribution in [2.45, 2.75) is 32.4 Å². The Morgan fingerprint density at radius 1 is 1.31 bits per heavy atom. The van der Waals surface area contributed by atoms with Crippen LogP contribution in [-0.4, -0.2) is 29.2 Å². The highest BCUT2D eigenvalue weighted by molar-refractivity contribution is 5.16. The molecule has 0 aliphatic carbocycles. The van der Waals surface area contributed by atoms with Gasteiger partial charge in [-0.25, -0.2) is 4.39 Å². The molecule has 1 N–H and O–H groups in total. The van der Waals surface area contributed by atoms with Crippen LogP contribution in [-0.2, 0) is 6.54 Å². The molecule has 0 atom stereocenters. The van der Waals surface area contributed by atoms with Crippen molar-refractivity contribution < 1.29 is 9.50 Å². The predicted octanol–water partition coefficient (Wildman–Crippen LogP) is 2.42. The van der Waals surface area contributed by atoms with Gasteiger partial charge < -0.3 is 10.0 Å². The number of nitrogens with zero attached hydrogens (tertiary/aromatic N) is 1. The van der Waals surface area contributed by atoms with Crippen LogP contribution in [0.4, 0.5) is 4.39 Å². The molecule has 0 saturated heterocycles. The minimum absolute atomic E-state index is 0.169. The molecule has 1 aromatic rings. The standard InChI is InChI=1S/C13H20FNO/c1-13(2,16)8-9-15(3)10-11-6-4-5-7-12(11)14/h4-7,16H,8-10H2,1-3H3. The zero-order chi connectivity index (χ0) is 12.2. The summed E-state index contributed by atoms with van der Waals surface area (Å²) in [7, 11) is 1.93. The van der Waals surface area contributed by atoms with E-state index in [1.807, 2.05) is 18.0 Å². The van der Waals surface area contributed by atoms with Crippen molar-refractivity contribution in [1.29, 1.82) is 0 Å². The molecule has 1 rings (SSSR count). The van der Waals surface area contributed by atoms with E-state index in [-0.39, 0.29) is 5.82 Å². The lowest BCUT2D eigenvalue weighted by Gasteiger charge is -2.22. The second kappa shape index (κ2) is 5.41. The molecule has 0 fully saturated rings. The average Bonchev–Trinajstić information content (AvgIpc) is 2.18. The van der Waals surface area contributed by atoms with Crippen LogP contribution < -0.4 is 0 Å². The Kier molecular flexibility index (Phi) is 4.44. The first-order valence-corrected chi connectivity index (χ1v) is 5.53. The average molecular weight is 225 g/mol. The fourth-order valence-electron chi connectivity index (χ4n) is 1.46. The highest BCUT2D eigenvalue weighted by Gasteiger charge is 2.13. The number of aliphatic hydroxyl groups is 1. The summed E-state index contributed by atoms with van der Waals surface area (Å²) in [6, 6.07) is 6.78. The van der Waals surface area contributed by atoms with E-state index < -0.39 is 5.60 Å². The summed E-state index contributed by atoms with van der Waals surface area (Å²) in [5.41, 5.74) is 0.0319. The van der Waals surface area contributed by atoms with E-state index in [0.29, 0.717) is 18.5 Å². The number of benzene rings is 1. The number of hydrogen-bond donors (Lipinski definition) is 1. The number of rotatable bonds is 5. The number of halogens is 1. The third-order valence-electron chi connectivity index (χ3n) is 2.50. The Balaban J connectivity index is 2.46. The molecule has 16 heavy (non-hydrogen) atoms. The molecule has 90 valence electrons. The van der Waals surface area contributed by atoms with E-state index in [1.165, 1.54) is 6.07 Å². The highest BCUT2D eigenvalue weighted by atomic mass is 19.1. The quantitative estimate of drug-likeness (QED) is 0.832. The maximum Gasteiger partial charge on any atom is 0.127 e. The molecule has 0 amide bonds. The van der Waals surface area contributed by atoms with E-state index in [2.05, 4.69) is 0 Å². The molecule has 0 radical (unpaired) electrons. The lowest BCUT2D eigenvalue weighted by atomic mass is 10.1. The molecule has 0 saturated carbocycles. The van der Waals surface area contributed by atoms with Gasteiger partial charge in [-0.05, 0) is 33.4 Å². The summed E-state index contributed by atoms with van der Waals surface area (Å²) in [5.74, 6) is -0.169. The van der Waals surface area contributed by atoms with Crippen molar-refractivity contribution in [1.82, 2.24) is 4.90 Å². The van der Waals surface area contributed by atoms with E-state index >= 15 is 0 Å². The molecule has 0 aromatic heterocycles. The summed E-state index contributed by atoms with van der Waals surface area (Å²) in [6.45, 7) is 4.88. The summed E-state index contributed by atoms with van der Waals surface area (Å²) >= 11 is 0. The first kappa shape index (κ1) is 13.1. The molecule has 0 heterocycles. The fourth-order valence-corrected chi connectivity index (χ4v) is 1.46. The predicted molar refractivity (Wildman–Crippen MR) is 63.6 cm³/mol. The van der Waals surface area contributed by atoms with Crippen molar-refractivity contribution in [3.63, 3.8) is 0 Å². The van der Waals surface area contributed by atoms with Crippen LogP contribution in [0, 0.1) is 5.82 Å². The van der Waals surface area contributed by atoms with Gasteiger partial charge in [-0.3, -0.25) is 0 Å². The minimum Gasteiger partial charge on any atom is -0.390 e. The second-order valence-corrected chi connectivity index (χ2v) is 4.89. The smallest absolute Gasteiger partial charge is 0.127 e. The van der Waals surface area contributed by atoms with E-state index in [1.54, 1.807) is 26.0 Å². The topological polar surface area (TPSA) is 23.5 Å². The summed E-state index contributed by atoms with van der Waals surface area (Å²) < 4.78 is 13.3. The van der Waals surface area contributed by atoms with Gasteiger partial charge in [0.15, 0.2) is 0 Å². The largest absolute Gasteiger partial charge is 0.390 e. The molecule has 2 nitrogen and oxygen atoms in total. The first-order valence-electron chi connectivity index (χ1n) is 5.53. The summed E-state index contributed by atoms with van der Waals surface area (Å²) in [4.78, 5) is 2.01. The molecule has 0 aliphatic rings. The van der Waals surface area contributed by atoms with Crippen molar-refractivity contribution in [2.75, 3.05) is 13.6 Å². The van der Waals surface area contributed by atoms with E-state index in [4.69, 9.17) is 0 Å². The van der Waals surface area contributed by atoms with Crippen LogP contribution in [0.15, 0.2) is 24.3 Å². The Hall–Kier alpha value is -0.930. The first-order chi connectivity index (χ1) is 7.38. The Labute approximate surface area is 96.7 Å². The van der Waals surface area contributed by atoms with Gasteiger partial charge in [0.1, 0.15) is 5.82 Å². The zero-order valence-electron chi connectivity index (χ0n) is 10.2. The third kappa shape index (κ3) is 4.73.